The summed E-state index contributed by atoms with van der Waals surface area (Å²) < 4.78 is 37.0. The van der Waals surface area contributed by atoms with Gasteiger partial charge < -0.3 is 10.6 Å². The lowest BCUT2D eigenvalue weighted by molar-refractivity contribution is -0.141. The molecule has 1 saturated heterocycles. The second-order valence-corrected chi connectivity index (χ2v) is 4.14. The molecule has 1 aliphatic heterocycles. The average molecular weight is 259 g/mol. The number of hydrogen-bond donors (Lipinski definition) is 1. The van der Waals surface area contributed by atoms with Crippen molar-refractivity contribution in [3.8, 4) is 0 Å². The van der Waals surface area contributed by atoms with Crippen molar-refractivity contribution in [1.82, 2.24) is 4.98 Å². The number of piperidine rings is 1. The lowest BCUT2D eigenvalue weighted by atomic mass is 10.1. The first-order valence-corrected chi connectivity index (χ1v) is 5.50. The van der Waals surface area contributed by atoms with E-state index in [2.05, 4.69) is 4.98 Å². The van der Waals surface area contributed by atoms with Gasteiger partial charge in [-0.15, -0.1) is 0 Å². The van der Waals surface area contributed by atoms with Crippen molar-refractivity contribution in [1.29, 1.82) is 0 Å². The maximum atomic E-state index is 12.3. The fourth-order valence-electron chi connectivity index (χ4n) is 1.87. The predicted molar refractivity (Wildman–Crippen MR) is 58.8 cm³/mol. The first-order valence-electron chi connectivity index (χ1n) is 5.50. The van der Waals surface area contributed by atoms with Gasteiger partial charge in [0.25, 0.3) is 0 Å². The zero-order valence-corrected chi connectivity index (χ0v) is 9.44. The predicted octanol–water partition coefficient (Wildman–Crippen LogP) is 1.55. The monoisotopic (exact) mass is 259 g/mol. The van der Waals surface area contributed by atoms with E-state index in [1.807, 2.05) is 0 Å². The number of carbonyl (C=O) groups excluding carboxylic acids is 1. The molecule has 1 fully saturated rings. The van der Waals surface area contributed by atoms with E-state index in [4.69, 9.17) is 5.73 Å². The molecule has 2 heterocycles. The zero-order chi connectivity index (χ0) is 13.3. The Hall–Kier alpha value is -1.63. The van der Waals surface area contributed by atoms with Crippen LogP contribution in [0.2, 0.25) is 0 Å². The van der Waals surface area contributed by atoms with Gasteiger partial charge in [-0.3, -0.25) is 4.79 Å². The second-order valence-electron chi connectivity index (χ2n) is 4.14. The van der Waals surface area contributed by atoms with Gasteiger partial charge in [0.1, 0.15) is 5.69 Å². The van der Waals surface area contributed by atoms with Gasteiger partial charge >= 0.3 is 6.18 Å². The molecular weight excluding hydrogens is 247 g/mol. The molecule has 1 atom stereocenters. The highest BCUT2D eigenvalue weighted by molar-refractivity contribution is 5.97. The third-order valence-electron chi connectivity index (χ3n) is 2.83. The normalized spacial score (nSPS) is 21.2. The van der Waals surface area contributed by atoms with E-state index in [1.165, 1.54) is 11.0 Å². The largest absolute Gasteiger partial charge is 0.433 e. The fourth-order valence-corrected chi connectivity index (χ4v) is 1.87. The highest BCUT2D eigenvalue weighted by Crippen LogP contribution is 2.29. The van der Waals surface area contributed by atoms with Crippen LogP contribution in [0.1, 0.15) is 18.5 Å². The number of nitrogens with two attached hydrogens (primary N) is 1. The summed E-state index contributed by atoms with van der Waals surface area (Å²) in [7, 11) is 0. The van der Waals surface area contributed by atoms with Crippen LogP contribution >= 0.6 is 0 Å². The highest BCUT2D eigenvalue weighted by atomic mass is 19.4. The molecular formula is C11H12F3N3O. The summed E-state index contributed by atoms with van der Waals surface area (Å²) in [6.45, 7) is 0.458. The van der Waals surface area contributed by atoms with Crippen molar-refractivity contribution in [2.24, 2.45) is 5.73 Å². The van der Waals surface area contributed by atoms with Crippen LogP contribution in [-0.4, -0.2) is 23.5 Å². The summed E-state index contributed by atoms with van der Waals surface area (Å²) in [5.41, 5.74) is 4.99. The topological polar surface area (TPSA) is 59.2 Å². The summed E-state index contributed by atoms with van der Waals surface area (Å²) in [6.07, 6.45) is -2.09. The first-order chi connectivity index (χ1) is 8.39. The summed E-state index contributed by atoms with van der Waals surface area (Å²) in [4.78, 5) is 16.5. The molecule has 0 aromatic carbocycles. The Morgan fingerprint density at radius 1 is 1.39 bits per heavy atom. The maximum absolute atomic E-state index is 12.3. The van der Waals surface area contributed by atoms with Gasteiger partial charge in [-0.25, -0.2) is 4.98 Å². The minimum Gasteiger partial charge on any atom is -0.320 e. The van der Waals surface area contributed by atoms with Crippen molar-refractivity contribution >= 4 is 11.6 Å². The van der Waals surface area contributed by atoms with E-state index in [-0.39, 0.29) is 5.91 Å². The molecule has 98 valence electrons. The number of carbonyl (C=O) groups is 1. The van der Waals surface area contributed by atoms with Gasteiger partial charge in [-0.1, -0.05) is 0 Å². The van der Waals surface area contributed by atoms with Gasteiger partial charge in [0.2, 0.25) is 5.91 Å². The number of alkyl halides is 3. The van der Waals surface area contributed by atoms with Crippen LogP contribution in [0, 0.1) is 0 Å². The van der Waals surface area contributed by atoms with Crippen LogP contribution in [-0.2, 0) is 11.0 Å². The molecule has 1 amide bonds. The van der Waals surface area contributed by atoms with Crippen molar-refractivity contribution in [2.75, 3.05) is 11.4 Å². The van der Waals surface area contributed by atoms with Crippen LogP contribution in [0.5, 0.6) is 0 Å². The molecule has 1 aromatic heterocycles. The Bertz CT molecular complexity index is 444. The molecule has 0 radical (unpaired) electrons. The number of halogens is 3. The Morgan fingerprint density at radius 3 is 2.67 bits per heavy atom. The number of nitrogens with zero attached hydrogens (tertiary/aromatic N) is 2. The SMILES string of the molecule is NC1CCCN(c2ccc(C(F)(F)F)nc2)C1=O. The van der Waals surface area contributed by atoms with E-state index in [0.29, 0.717) is 18.7 Å². The van der Waals surface area contributed by atoms with Gasteiger partial charge in [-0.2, -0.15) is 13.2 Å². The maximum Gasteiger partial charge on any atom is 0.433 e. The molecule has 7 heteroatoms. The van der Waals surface area contributed by atoms with E-state index in [0.717, 1.165) is 18.7 Å². The van der Waals surface area contributed by atoms with Crippen molar-refractivity contribution in [3.63, 3.8) is 0 Å². The third kappa shape index (κ3) is 2.45. The van der Waals surface area contributed by atoms with Gasteiger partial charge in [0.15, 0.2) is 0 Å². The number of aromatic nitrogens is 1. The molecule has 0 spiro atoms. The second kappa shape index (κ2) is 4.56. The van der Waals surface area contributed by atoms with Gasteiger partial charge in [-0.05, 0) is 25.0 Å². The van der Waals surface area contributed by atoms with Gasteiger partial charge in [0.05, 0.1) is 17.9 Å². The van der Waals surface area contributed by atoms with Crippen LogP contribution in [0.3, 0.4) is 0 Å². The summed E-state index contributed by atoms with van der Waals surface area (Å²) >= 11 is 0. The van der Waals surface area contributed by atoms with E-state index >= 15 is 0 Å². The Morgan fingerprint density at radius 2 is 2.11 bits per heavy atom. The standard InChI is InChI=1S/C11H12F3N3O/c12-11(13,14)9-4-3-7(6-16-9)17-5-1-2-8(15)10(17)18/h3-4,6,8H,1-2,5,15H2. The Balaban J connectivity index is 2.22. The number of hydrogen-bond acceptors (Lipinski definition) is 3. The molecule has 1 aromatic rings. The quantitative estimate of drug-likeness (QED) is 0.832. The minimum atomic E-state index is -4.47. The van der Waals surface area contributed by atoms with Crippen molar-refractivity contribution in [3.05, 3.63) is 24.0 Å². The molecule has 0 bridgehead atoms. The van der Waals surface area contributed by atoms with E-state index in [9.17, 15) is 18.0 Å². The van der Waals surface area contributed by atoms with Crippen molar-refractivity contribution in [2.45, 2.75) is 25.1 Å². The minimum absolute atomic E-state index is 0.275. The summed E-state index contributed by atoms with van der Waals surface area (Å²) in [6, 6.07) is 1.52. The lowest BCUT2D eigenvalue weighted by Crippen LogP contribution is -2.48. The smallest absolute Gasteiger partial charge is 0.320 e. The average Bonchev–Trinajstić information content (AvgIpc) is 2.32. The Labute approximate surface area is 102 Å². The Kier molecular flexibility index (Phi) is 3.25. The van der Waals surface area contributed by atoms with Crippen LogP contribution in [0.4, 0.5) is 18.9 Å². The molecule has 18 heavy (non-hydrogen) atoms. The number of rotatable bonds is 1. The molecule has 4 nitrogen and oxygen atoms in total. The van der Waals surface area contributed by atoms with E-state index in [1.54, 1.807) is 0 Å². The van der Waals surface area contributed by atoms with Crippen LogP contribution in [0.25, 0.3) is 0 Å². The molecule has 1 aliphatic rings. The first kappa shape index (κ1) is 12.8. The number of amides is 1. The molecule has 0 saturated carbocycles. The van der Waals surface area contributed by atoms with Crippen LogP contribution in [0.15, 0.2) is 18.3 Å². The molecule has 0 aliphatic carbocycles. The van der Waals surface area contributed by atoms with Crippen LogP contribution < -0.4 is 10.6 Å². The summed E-state index contributed by atoms with van der Waals surface area (Å²) in [5, 5.41) is 0. The molecule has 2 rings (SSSR count). The van der Waals surface area contributed by atoms with Gasteiger partial charge in [0, 0.05) is 6.54 Å². The molecule has 2 N–H and O–H groups in total. The number of pyridine rings is 1. The lowest BCUT2D eigenvalue weighted by Gasteiger charge is -2.30. The fraction of sp³-hybridized carbons (Fsp3) is 0.455. The highest BCUT2D eigenvalue weighted by Gasteiger charge is 2.33. The summed E-state index contributed by atoms with van der Waals surface area (Å²) in [5.74, 6) is -0.275. The van der Waals surface area contributed by atoms with Crippen molar-refractivity contribution < 1.29 is 18.0 Å². The van der Waals surface area contributed by atoms with E-state index < -0.39 is 17.9 Å². The number of anilines is 1. The molecule has 1 unspecified atom stereocenters. The zero-order valence-electron chi connectivity index (χ0n) is 9.44. The third-order valence-corrected chi connectivity index (χ3v) is 2.83.